The van der Waals surface area contributed by atoms with Gasteiger partial charge in [-0.25, -0.2) is 0 Å². The van der Waals surface area contributed by atoms with Crippen LogP contribution in [0.4, 0.5) is 0 Å². The second-order valence-corrected chi connectivity index (χ2v) is 3.33. The zero-order valence-electron chi connectivity index (χ0n) is 7.77. The first kappa shape index (κ1) is 10.5. The number of allylic oxidation sites excluding steroid dienone is 2. The fourth-order valence-corrected chi connectivity index (χ4v) is 1.24. The quantitative estimate of drug-likeness (QED) is 0.507. The molecule has 0 spiro atoms. The van der Waals surface area contributed by atoms with E-state index in [1.807, 2.05) is 12.2 Å². The molecule has 0 heterocycles. The van der Waals surface area contributed by atoms with Crippen LogP contribution in [0.1, 0.15) is 33.1 Å². The van der Waals surface area contributed by atoms with Crippen molar-refractivity contribution in [3.05, 3.63) is 31.2 Å². The van der Waals surface area contributed by atoms with E-state index in [1.165, 1.54) is 6.42 Å². The summed E-state index contributed by atoms with van der Waals surface area (Å²) in [6.45, 7) is 12.0. The maximum absolute atomic E-state index is 3.73. The molecular weight excluding hydrogens is 132 g/mol. The maximum Gasteiger partial charge on any atom is -0.0164 e. The Bertz CT molecular complexity index is 101. The van der Waals surface area contributed by atoms with Gasteiger partial charge in [0.2, 0.25) is 0 Å². The van der Waals surface area contributed by atoms with Crippen molar-refractivity contribution in [1.29, 1.82) is 0 Å². The second kappa shape index (κ2) is 6.21. The van der Waals surface area contributed by atoms with Crippen molar-refractivity contribution in [1.82, 2.24) is 0 Å². The van der Waals surface area contributed by atoms with Gasteiger partial charge in [0.05, 0.1) is 0 Å². The highest BCUT2D eigenvalue weighted by Crippen LogP contribution is 2.21. The molecule has 0 aromatic heterocycles. The highest BCUT2D eigenvalue weighted by atomic mass is 14.1. The lowest BCUT2D eigenvalue weighted by Crippen LogP contribution is -1.99. The van der Waals surface area contributed by atoms with E-state index >= 15 is 0 Å². The van der Waals surface area contributed by atoms with Crippen molar-refractivity contribution in [2.24, 2.45) is 5.92 Å². The van der Waals surface area contributed by atoms with Crippen LogP contribution in [-0.2, 0) is 0 Å². The Kier molecular flexibility index (Phi) is 5.91. The van der Waals surface area contributed by atoms with Gasteiger partial charge in [-0.3, -0.25) is 0 Å². The lowest BCUT2D eigenvalue weighted by Gasteiger charge is -2.14. The van der Waals surface area contributed by atoms with E-state index < -0.39 is 0 Å². The molecule has 0 saturated carbocycles. The number of hydrogen-bond donors (Lipinski definition) is 0. The van der Waals surface area contributed by atoms with Gasteiger partial charge < -0.3 is 0 Å². The van der Waals surface area contributed by atoms with E-state index in [1.54, 1.807) is 5.92 Å². The van der Waals surface area contributed by atoms with Crippen molar-refractivity contribution in [2.45, 2.75) is 33.1 Å². The van der Waals surface area contributed by atoms with Crippen molar-refractivity contribution in [3.63, 3.8) is 0 Å². The summed E-state index contributed by atoms with van der Waals surface area (Å²) in [4.78, 5) is 0. The largest absolute Gasteiger partial charge is 0.103 e. The predicted molar refractivity (Wildman–Crippen MR) is 52.3 cm³/mol. The highest BCUT2D eigenvalue weighted by Gasteiger charge is 2.07. The predicted octanol–water partition coefficient (Wildman–Crippen LogP) is 3.76. The first-order valence-corrected chi connectivity index (χ1v) is 4.26. The van der Waals surface area contributed by atoms with Crippen molar-refractivity contribution < 1.29 is 0 Å². The zero-order valence-corrected chi connectivity index (χ0v) is 7.77. The minimum Gasteiger partial charge on any atom is -0.103 e. The summed E-state index contributed by atoms with van der Waals surface area (Å²) >= 11 is 0. The van der Waals surface area contributed by atoms with E-state index in [0.717, 1.165) is 18.8 Å². The van der Waals surface area contributed by atoms with E-state index in [9.17, 15) is 0 Å². The van der Waals surface area contributed by atoms with E-state index in [0.29, 0.717) is 0 Å². The summed E-state index contributed by atoms with van der Waals surface area (Å²) in [6, 6.07) is 0. The van der Waals surface area contributed by atoms with Gasteiger partial charge in [-0.1, -0.05) is 26.0 Å². The molecule has 0 aromatic rings. The van der Waals surface area contributed by atoms with Crippen LogP contribution in [-0.4, -0.2) is 0 Å². The van der Waals surface area contributed by atoms with Gasteiger partial charge in [0, 0.05) is 0 Å². The Balaban J connectivity index is 3.67. The molecule has 0 aromatic carbocycles. The fraction of sp³-hybridized carbons (Fsp3) is 0.545. The van der Waals surface area contributed by atoms with E-state index in [2.05, 4.69) is 27.0 Å². The minimum absolute atomic E-state index is 0.755. The van der Waals surface area contributed by atoms with Crippen molar-refractivity contribution in [2.75, 3.05) is 0 Å². The summed E-state index contributed by atoms with van der Waals surface area (Å²) in [5.74, 6) is 2.30. The third-order valence-electron chi connectivity index (χ3n) is 1.56. The van der Waals surface area contributed by atoms with Gasteiger partial charge in [0.1, 0.15) is 0 Å². The molecular formula is C11H19. The smallest absolute Gasteiger partial charge is 0.0164 e. The monoisotopic (exact) mass is 151 g/mol. The third-order valence-corrected chi connectivity index (χ3v) is 1.56. The minimum atomic E-state index is 0.755. The Morgan fingerprint density at radius 1 is 1.18 bits per heavy atom. The first-order valence-electron chi connectivity index (χ1n) is 4.26. The lowest BCUT2D eigenvalue weighted by atomic mass is 9.91. The van der Waals surface area contributed by atoms with Crippen molar-refractivity contribution >= 4 is 0 Å². The third kappa shape index (κ3) is 5.90. The van der Waals surface area contributed by atoms with Crippen LogP contribution in [0.3, 0.4) is 0 Å². The van der Waals surface area contributed by atoms with Crippen LogP contribution in [0.25, 0.3) is 0 Å². The molecule has 0 nitrogen and oxygen atoms in total. The topological polar surface area (TPSA) is 0 Å². The number of rotatable bonds is 6. The molecule has 0 aliphatic rings. The molecule has 0 atom stereocenters. The van der Waals surface area contributed by atoms with Crippen molar-refractivity contribution in [3.8, 4) is 0 Å². The van der Waals surface area contributed by atoms with Crippen LogP contribution < -0.4 is 0 Å². The highest BCUT2D eigenvalue weighted by molar-refractivity contribution is 5.00. The summed E-state index contributed by atoms with van der Waals surface area (Å²) in [7, 11) is 0. The second-order valence-electron chi connectivity index (χ2n) is 3.33. The first-order chi connectivity index (χ1) is 5.20. The summed E-state index contributed by atoms with van der Waals surface area (Å²) in [5, 5.41) is 0. The van der Waals surface area contributed by atoms with Gasteiger partial charge in [0.15, 0.2) is 0 Å². The lowest BCUT2D eigenvalue weighted by molar-refractivity contribution is 0.574. The molecule has 0 aliphatic heterocycles. The molecule has 0 saturated heterocycles. The molecule has 0 rings (SSSR count). The fourth-order valence-electron chi connectivity index (χ4n) is 1.24. The van der Waals surface area contributed by atoms with E-state index in [-0.39, 0.29) is 0 Å². The number of hydrogen-bond acceptors (Lipinski definition) is 0. The molecule has 0 N–H and O–H groups in total. The Hall–Kier alpha value is -0.520. The van der Waals surface area contributed by atoms with Gasteiger partial charge in [-0.05, 0) is 31.1 Å². The van der Waals surface area contributed by atoms with Crippen LogP contribution in [0.2, 0.25) is 0 Å². The SMILES string of the molecule is C=CC[C](CC=C)CC(C)C. The van der Waals surface area contributed by atoms with Crippen LogP contribution in [0.5, 0.6) is 0 Å². The standard InChI is InChI=1S/C11H19/c1-5-7-11(8-6-2)9-10(3)4/h5-6,10H,1-2,7-9H2,3-4H3. The Morgan fingerprint density at radius 2 is 1.64 bits per heavy atom. The van der Waals surface area contributed by atoms with Gasteiger partial charge in [0.25, 0.3) is 0 Å². The van der Waals surface area contributed by atoms with Crippen LogP contribution in [0.15, 0.2) is 25.3 Å². The van der Waals surface area contributed by atoms with E-state index in [4.69, 9.17) is 0 Å². The summed E-state index contributed by atoms with van der Waals surface area (Å²) in [6.07, 6.45) is 7.24. The van der Waals surface area contributed by atoms with Gasteiger partial charge in [-0.15, -0.1) is 13.2 Å². The normalized spacial score (nSPS) is 10.5. The molecule has 0 aliphatic carbocycles. The summed E-state index contributed by atoms with van der Waals surface area (Å²) < 4.78 is 0. The Labute approximate surface area is 71.0 Å². The Morgan fingerprint density at radius 3 is 1.91 bits per heavy atom. The molecule has 1 radical (unpaired) electrons. The van der Waals surface area contributed by atoms with Gasteiger partial charge >= 0.3 is 0 Å². The molecule has 11 heavy (non-hydrogen) atoms. The molecule has 0 fully saturated rings. The van der Waals surface area contributed by atoms with Crippen LogP contribution >= 0.6 is 0 Å². The van der Waals surface area contributed by atoms with Crippen LogP contribution in [0, 0.1) is 11.8 Å². The van der Waals surface area contributed by atoms with Gasteiger partial charge in [-0.2, -0.15) is 0 Å². The molecule has 0 unspecified atom stereocenters. The molecule has 0 bridgehead atoms. The molecule has 0 heteroatoms. The summed E-state index contributed by atoms with van der Waals surface area (Å²) in [5.41, 5.74) is 0. The molecule has 0 amide bonds. The maximum atomic E-state index is 3.73. The average Bonchev–Trinajstić information content (AvgIpc) is 1.87. The zero-order chi connectivity index (χ0) is 8.69. The average molecular weight is 151 g/mol. The molecule has 63 valence electrons.